The van der Waals surface area contributed by atoms with E-state index in [9.17, 15) is 0 Å². The van der Waals surface area contributed by atoms with E-state index in [4.69, 9.17) is 34.8 Å². The molecule has 4 nitrogen and oxygen atoms in total. The minimum absolute atomic E-state index is 0.339. The van der Waals surface area contributed by atoms with Gasteiger partial charge in [0, 0.05) is 11.5 Å². The number of hydrogen-bond donors (Lipinski definition) is 0. The summed E-state index contributed by atoms with van der Waals surface area (Å²) in [6, 6.07) is 3.40. The summed E-state index contributed by atoms with van der Waals surface area (Å²) in [6.45, 7) is 0. The predicted octanol–water partition coefficient (Wildman–Crippen LogP) is 4.37. The van der Waals surface area contributed by atoms with Crippen LogP contribution in [0.25, 0.3) is 5.82 Å². The molecule has 2 aromatic rings. The number of alkyl halides is 1. The standard InChI is InChI=1S/C13H13Cl3N4/c14-7-9-12(8-3-1-2-4-8)19-20(13(9)16)11-6-5-10(15)17-18-11/h5-6,8H,1-4,7H2. The number of aromatic nitrogens is 4. The lowest BCUT2D eigenvalue weighted by atomic mass is 10.0. The minimum Gasteiger partial charge on any atom is -0.201 e. The molecule has 1 aliphatic rings. The molecule has 1 saturated carbocycles. The maximum atomic E-state index is 6.40. The largest absolute Gasteiger partial charge is 0.201 e. The van der Waals surface area contributed by atoms with Gasteiger partial charge in [0.25, 0.3) is 0 Å². The molecule has 0 radical (unpaired) electrons. The summed E-state index contributed by atoms with van der Waals surface area (Å²) in [4.78, 5) is 0. The van der Waals surface area contributed by atoms with Crippen molar-refractivity contribution in [2.24, 2.45) is 0 Å². The van der Waals surface area contributed by atoms with Gasteiger partial charge in [-0.15, -0.1) is 21.8 Å². The van der Waals surface area contributed by atoms with Gasteiger partial charge < -0.3 is 0 Å². The van der Waals surface area contributed by atoms with E-state index in [1.165, 1.54) is 12.8 Å². The second-order valence-electron chi connectivity index (χ2n) is 4.90. The van der Waals surface area contributed by atoms with Crippen LogP contribution in [0, 0.1) is 0 Å². The van der Waals surface area contributed by atoms with Gasteiger partial charge in [0.1, 0.15) is 5.15 Å². The smallest absolute Gasteiger partial charge is 0.177 e. The van der Waals surface area contributed by atoms with E-state index in [0.717, 1.165) is 24.1 Å². The first-order valence-electron chi connectivity index (χ1n) is 6.53. The van der Waals surface area contributed by atoms with Crippen LogP contribution in [-0.4, -0.2) is 20.0 Å². The SMILES string of the molecule is ClCc1c(C2CCCC2)nn(-c2ccc(Cl)nn2)c1Cl. The van der Waals surface area contributed by atoms with Gasteiger partial charge in [-0.25, -0.2) is 4.68 Å². The molecule has 0 amide bonds. The van der Waals surface area contributed by atoms with Crippen molar-refractivity contribution >= 4 is 34.8 Å². The highest BCUT2D eigenvalue weighted by atomic mass is 35.5. The fourth-order valence-corrected chi connectivity index (χ4v) is 3.39. The van der Waals surface area contributed by atoms with E-state index in [-0.39, 0.29) is 0 Å². The molecule has 3 rings (SSSR count). The predicted molar refractivity (Wildman–Crippen MR) is 79.9 cm³/mol. The lowest BCUT2D eigenvalue weighted by Crippen LogP contribution is -2.02. The first kappa shape index (κ1) is 14.1. The van der Waals surface area contributed by atoms with E-state index in [1.807, 2.05) is 0 Å². The van der Waals surface area contributed by atoms with Gasteiger partial charge in [-0.3, -0.25) is 0 Å². The van der Waals surface area contributed by atoms with Gasteiger partial charge in [0.05, 0.1) is 11.6 Å². The molecule has 1 aliphatic carbocycles. The highest BCUT2D eigenvalue weighted by molar-refractivity contribution is 6.31. The Morgan fingerprint density at radius 3 is 2.50 bits per heavy atom. The summed E-state index contributed by atoms with van der Waals surface area (Å²) < 4.78 is 1.59. The molecule has 7 heteroatoms. The van der Waals surface area contributed by atoms with Crippen LogP contribution in [0.3, 0.4) is 0 Å². The molecular formula is C13H13Cl3N4. The summed E-state index contributed by atoms with van der Waals surface area (Å²) in [5, 5.41) is 13.3. The van der Waals surface area contributed by atoms with E-state index in [0.29, 0.717) is 27.9 Å². The Hall–Kier alpha value is -0.840. The van der Waals surface area contributed by atoms with Crippen molar-refractivity contribution in [3.8, 4) is 5.82 Å². The first-order chi connectivity index (χ1) is 9.70. The van der Waals surface area contributed by atoms with Crippen molar-refractivity contribution in [1.29, 1.82) is 0 Å². The van der Waals surface area contributed by atoms with Gasteiger partial charge in [-0.05, 0) is 25.0 Å². The number of hydrogen-bond acceptors (Lipinski definition) is 3. The maximum absolute atomic E-state index is 6.40. The molecule has 0 atom stereocenters. The topological polar surface area (TPSA) is 43.6 Å². The molecule has 1 fully saturated rings. The van der Waals surface area contributed by atoms with Crippen molar-refractivity contribution in [2.45, 2.75) is 37.5 Å². The average Bonchev–Trinajstić information content (AvgIpc) is 3.07. The summed E-state index contributed by atoms with van der Waals surface area (Å²) in [5.41, 5.74) is 1.90. The second-order valence-corrected chi connectivity index (χ2v) is 5.91. The molecule has 0 N–H and O–H groups in total. The Kier molecular flexibility index (Phi) is 4.15. The number of halogens is 3. The lowest BCUT2D eigenvalue weighted by molar-refractivity contribution is 0.670. The second kappa shape index (κ2) is 5.88. The van der Waals surface area contributed by atoms with Crippen molar-refractivity contribution in [1.82, 2.24) is 20.0 Å². The normalized spacial score (nSPS) is 15.9. The molecule has 0 aliphatic heterocycles. The van der Waals surface area contributed by atoms with E-state index in [2.05, 4.69) is 15.3 Å². The van der Waals surface area contributed by atoms with Crippen LogP contribution in [-0.2, 0) is 5.88 Å². The third kappa shape index (κ3) is 2.52. The molecule has 0 unspecified atom stereocenters. The monoisotopic (exact) mass is 330 g/mol. The highest BCUT2D eigenvalue weighted by Crippen LogP contribution is 2.38. The third-order valence-corrected chi connectivity index (χ3v) is 4.52. The van der Waals surface area contributed by atoms with Crippen LogP contribution in [0.4, 0.5) is 0 Å². The Morgan fingerprint density at radius 2 is 1.90 bits per heavy atom. The third-order valence-electron chi connectivity index (χ3n) is 3.66. The molecule has 2 aromatic heterocycles. The Labute approximate surface area is 132 Å². The zero-order valence-corrected chi connectivity index (χ0v) is 13.0. The van der Waals surface area contributed by atoms with Gasteiger partial charge in [-0.1, -0.05) is 36.0 Å². The van der Waals surface area contributed by atoms with Crippen molar-refractivity contribution in [2.75, 3.05) is 0 Å². The fraction of sp³-hybridized carbons (Fsp3) is 0.462. The van der Waals surface area contributed by atoms with Gasteiger partial charge in [0.15, 0.2) is 11.0 Å². The van der Waals surface area contributed by atoms with Crippen molar-refractivity contribution in [3.05, 3.63) is 33.7 Å². The van der Waals surface area contributed by atoms with Gasteiger partial charge in [-0.2, -0.15) is 5.10 Å². The molecule has 0 bridgehead atoms. The molecule has 20 heavy (non-hydrogen) atoms. The van der Waals surface area contributed by atoms with Crippen molar-refractivity contribution < 1.29 is 0 Å². The molecule has 106 valence electrons. The van der Waals surface area contributed by atoms with Gasteiger partial charge in [0.2, 0.25) is 0 Å². The molecular weight excluding hydrogens is 319 g/mol. The van der Waals surface area contributed by atoms with Crippen LogP contribution in [0.2, 0.25) is 10.3 Å². The number of nitrogens with zero attached hydrogens (tertiary/aromatic N) is 4. The Balaban J connectivity index is 2.05. The minimum atomic E-state index is 0.339. The number of rotatable bonds is 3. The zero-order valence-electron chi connectivity index (χ0n) is 10.7. The van der Waals surface area contributed by atoms with E-state index >= 15 is 0 Å². The van der Waals surface area contributed by atoms with E-state index < -0.39 is 0 Å². The average molecular weight is 332 g/mol. The molecule has 0 saturated heterocycles. The highest BCUT2D eigenvalue weighted by Gasteiger charge is 2.26. The molecule has 2 heterocycles. The first-order valence-corrected chi connectivity index (χ1v) is 7.82. The summed E-state index contributed by atoms with van der Waals surface area (Å²) in [5.74, 6) is 1.35. The lowest BCUT2D eigenvalue weighted by Gasteiger charge is -2.06. The van der Waals surface area contributed by atoms with Crippen LogP contribution in [0.15, 0.2) is 12.1 Å². The maximum Gasteiger partial charge on any atom is 0.177 e. The van der Waals surface area contributed by atoms with Crippen LogP contribution < -0.4 is 0 Å². The molecule has 0 aromatic carbocycles. The summed E-state index contributed by atoms with van der Waals surface area (Å²) >= 11 is 18.2. The van der Waals surface area contributed by atoms with Crippen LogP contribution in [0.5, 0.6) is 0 Å². The quantitative estimate of drug-likeness (QED) is 0.785. The van der Waals surface area contributed by atoms with Gasteiger partial charge >= 0.3 is 0 Å². The van der Waals surface area contributed by atoms with Crippen molar-refractivity contribution in [3.63, 3.8) is 0 Å². The summed E-state index contributed by atoms with van der Waals surface area (Å²) in [6.07, 6.45) is 4.75. The van der Waals surface area contributed by atoms with Crippen LogP contribution >= 0.6 is 34.8 Å². The zero-order chi connectivity index (χ0) is 14.1. The molecule has 0 spiro atoms. The van der Waals surface area contributed by atoms with Crippen LogP contribution in [0.1, 0.15) is 42.9 Å². The Morgan fingerprint density at radius 1 is 1.15 bits per heavy atom. The summed E-state index contributed by atoms with van der Waals surface area (Å²) in [7, 11) is 0. The van der Waals surface area contributed by atoms with E-state index in [1.54, 1.807) is 16.8 Å². The fourth-order valence-electron chi connectivity index (χ4n) is 2.67. The Bertz CT molecular complexity index is 603.